The van der Waals surface area contributed by atoms with E-state index in [1.54, 1.807) is 19.1 Å². The highest BCUT2D eigenvalue weighted by molar-refractivity contribution is 7.16. The Labute approximate surface area is 171 Å². The van der Waals surface area contributed by atoms with E-state index in [0.717, 1.165) is 16.1 Å². The zero-order chi connectivity index (χ0) is 19.7. The highest BCUT2D eigenvalue weighted by atomic mass is 35.5. The Hall–Kier alpha value is -2.96. The zero-order valence-electron chi connectivity index (χ0n) is 15.2. The highest BCUT2D eigenvalue weighted by Crippen LogP contribution is 2.33. The lowest BCUT2D eigenvalue weighted by atomic mass is 10.1. The Morgan fingerprint density at radius 2 is 1.75 bits per heavy atom. The van der Waals surface area contributed by atoms with Crippen LogP contribution in [0.1, 0.15) is 21.0 Å². The smallest absolute Gasteiger partial charge is 0.263 e. The summed E-state index contributed by atoms with van der Waals surface area (Å²) >= 11 is 7.70. The van der Waals surface area contributed by atoms with E-state index in [4.69, 9.17) is 16.1 Å². The van der Waals surface area contributed by atoms with Crippen LogP contribution in [0.3, 0.4) is 0 Å². The first-order valence-corrected chi connectivity index (χ1v) is 9.79. The van der Waals surface area contributed by atoms with Crippen molar-refractivity contribution in [2.75, 3.05) is 5.32 Å². The molecule has 4 rings (SSSR count). The maximum absolute atomic E-state index is 13.0. The maximum Gasteiger partial charge on any atom is 0.263 e. The summed E-state index contributed by atoms with van der Waals surface area (Å²) < 4.78 is 5.28. The number of hydrogen-bond acceptors (Lipinski definition) is 5. The second-order valence-electron chi connectivity index (χ2n) is 6.19. The fourth-order valence-corrected chi connectivity index (χ4v) is 4.01. The summed E-state index contributed by atoms with van der Waals surface area (Å²) in [6.07, 6.45) is 0. The molecule has 140 valence electrons. The second-order valence-corrected chi connectivity index (χ2v) is 7.80. The maximum atomic E-state index is 13.0. The van der Waals surface area contributed by atoms with Gasteiger partial charge in [-0.15, -0.1) is 11.3 Å². The molecular formula is C21H16ClN3O2S. The molecule has 2 heterocycles. The van der Waals surface area contributed by atoms with Gasteiger partial charge >= 0.3 is 0 Å². The van der Waals surface area contributed by atoms with Gasteiger partial charge in [-0.05, 0) is 19.9 Å². The van der Waals surface area contributed by atoms with Crippen molar-refractivity contribution in [1.82, 2.24) is 10.1 Å². The summed E-state index contributed by atoms with van der Waals surface area (Å²) in [4.78, 5) is 18.6. The molecule has 0 atom stereocenters. The quantitative estimate of drug-likeness (QED) is 0.449. The molecule has 0 bridgehead atoms. The first kappa shape index (κ1) is 18.4. The molecule has 7 heteroatoms. The van der Waals surface area contributed by atoms with E-state index in [-0.39, 0.29) is 5.91 Å². The van der Waals surface area contributed by atoms with Crippen molar-refractivity contribution in [3.05, 3.63) is 75.8 Å². The molecule has 0 aliphatic carbocycles. The number of nitrogens with one attached hydrogen (secondary N) is 1. The molecule has 5 nitrogen and oxygen atoms in total. The van der Waals surface area contributed by atoms with Crippen LogP contribution in [0.25, 0.3) is 22.5 Å². The number of aromatic nitrogens is 2. The van der Waals surface area contributed by atoms with Gasteiger partial charge in [0.05, 0.1) is 10.7 Å². The second kappa shape index (κ2) is 7.58. The topological polar surface area (TPSA) is 68.0 Å². The standard InChI is InChI=1S/C21H16ClN3O2S/c1-12-17(19(25-27-12)15-10-6-7-11-16(15)22)20(26)24-21-23-18(13(2)28-21)14-8-4-3-5-9-14/h3-11H,1-2H3,(H,23,24,26). The molecule has 2 aromatic heterocycles. The van der Waals surface area contributed by atoms with E-state index in [1.807, 2.05) is 49.4 Å². The predicted molar refractivity (Wildman–Crippen MR) is 112 cm³/mol. The molecule has 0 aliphatic rings. The van der Waals surface area contributed by atoms with Crippen LogP contribution < -0.4 is 5.32 Å². The number of amides is 1. The van der Waals surface area contributed by atoms with E-state index in [0.29, 0.717) is 32.7 Å². The van der Waals surface area contributed by atoms with Crippen molar-refractivity contribution in [1.29, 1.82) is 0 Å². The Balaban J connectivity index is 1.66. The molecule has 0 aliphatic heterocycles. The van der Waals surface area contributed by atoms with Crippen molar-refractivity contribution in [3.8, 4) is 22.5 Å². The minimum absolute atomic E-state index is 0.331. The minimum atomic E-state index is -0.331. The SMILES string of the molecule is Cc1onc(-c2ccccc2Cl)c1C(=O)Nc1nc(-c2ccccc2)c(C)s1. The third-order valence-corrected chi connectivity index (χ3v) is 5.50. The zero-order valence-corrected chi connectivity index (χ0v) is 16.8. The highest BCUT2D eigenvalue weighted by Gasteiger charge is 2.24. The Kier molecular flexibility index (Phi) is 4.98. The summed E-state index contributed by atoms with van der Waals surface area (Å²) in [7, 11) is 0. The average molecular weight is 410 g/mol. The lowest BCUT2D eigenvalue weighted by Gasteiger charge is -2.04. The van der Waals surface area contributed by atoms with Crippen LogP contribution in [0.15, 0.2) is 59.1 Å². The molecule has 2 aromatic carbocycles. The fourth-order valence-electron chi connectivity index (χ4n) is 2.95. The fraction of sp³-hybridized carbons (Fsp3) is 0.0952. The number of carbonyl (C=O) groups is 1. The van der Waals surface area contributed by atoms with E-state index in [9.17, 15) is 4.79 Å². The number of anilines is 1. The van der Waals surface area contributed by atoms with Crippen molar-refractivity contribution in [2.24, 2.45) is 0 Å². The van der Waals surface area contributed by atoms with Gasteiger partial charge in [0, 0.05) is 16.0 Å². The van der Waals surface area contributed by atoms with Gasteiger partial charge in [0.15, 0.2) is 5.13 Å². The van der Waals surface area contributed by atoms with Crippen LogP contribution in [-0.2, 0) is 0 Å². The predicted octanol–water partition coefficient (Wildman–Crippen LogP) is 5.99. The number of aryl methyl sites for hydroxylation is 2. The van der Waals surface area contributed by atoms with E-state index in [2.05, 4.69) is 15.5 Å². The first-order chi connectivity index (χ1) is 13.5. The third-order valence-electron chi connectivity index (χ3n) is 4.28. The minimum Gasteiger partial charge on any atom is -0.360 e. The van der Waals surface area contributed by atoms with Gasteiger partial charge in [-0.25, -0.2) is 4.98 Å². The molecule has 0 spiro atoms. The van der Waals surface area contributed by atoms with Crippen molar-refractivity contribution in [3.63, 3.8) is 0 Å². The Morgan fingerprint density at radius 1 is 1.04 bits per heavy atom. The molecule has 1 amide bonds. The number of halogens is 1. The molecule has 4 aromatic rings. The summed E-state index contributed by atoms with van der Waals surface area (Å²) in [5.74, 6) is 0.0889. The number of benzene rings is 2. The Morgan fingerprint density at radius 3 is 2.50 bits per heavy atom. The van der Waals surface area contributed by atoms with Gasteiger partial charge in [0.25, 0.3) is 5.91 Å². The van der Waals surface area contributed by atoms with Crippen LogP contribution >= 0.6 is 22.9 Å². The molecular weight excluding hydrogens is 394 g/mol. The molecule has 0 unspecified atom stereocenters. The van der Waals surface area contributed by atoms with Crippen LogP contribution in [0.2, 0.25) is 5.02 Å². The molecule has 0 saturated carbocycles. The number of thiazole rings is 1. The van der Waals surface area contributed by atoms with Gasteiger partial charge < -0.3 is 4.52 Å². The van der Waals surface area contributed by atoms with Crippen molar-refractivity contribution < 1.29 is 9.32 Å². The molecule has 1 N–H and O–H groups in total. The molecule has 0 radical (unpaired) electrons. The summed E-state index contributed by atoms with van der Waals surface area (Å²) in [6.45, 7) is 3.68. The van der Waals surface area contributed by atoms with Gasteiger partial charge in [-0.3, -0.25) is 10.1 Å². The number of carbonyl (C=O) groups excluding carboxylic acids is 1. The van der Waals surface area contributed by atoms with Crippen LogP contribution in [0.4, 0.5) is 5.13 Å². The number of hydrogen-bond donors (Lipinski definition) is 1. The summed E-state index contributed by atoms with van der Waals surface area (Å²) in [5, 5.41) is 7.94. The Bertz CT molecular complexity index is 1150. The van der Waals surface area contributed by atoms with Gasteiger partial charge in [0.2, 0.25) is 0 Å². The van der Waals surface area contributed by atoms with Crippen molar-refractivity contribution in [2.45, 2.75) is 13.8 Å². The number of rotatable bonds is 4. The van der Waals surface area contributed by atoms with Crippen LogP contribution in [0, 0.1) is 13.8 Å². The van der Waals surface area contributed by atoms with E-state index in [1.165, 1.54) is 11.3 Å². The lowest BCUT2D eigenvalue weighted by molar-refractivity contribution is 0.102. The lowest BCUT2D eigenvalue weighted by Crippen LogP contribution is -2.13. The van der Waals surface area contributed by atoms with Gasteiger partial charge in [0.1, 0.15) is 17.0 Å². The van der Waals surface area contributed by atoms with Crippen molar-refractivity contribution >= 4 is 34.0 Å². The van der Waals surface area contributed by atoms with Crippen LogP contribution in [0.5, 0.6) is 0 Å². The molecule has 0 fully saturated rings. The number of nitrogens with zero attached hydrogens (tertiary/aromatic N) is 2. The van der Waals surface area contributed by atoms with Gasteiger partial charge in [-0.1, -0.05) is 65.3 Å². The van der Waals surface area contributed by atoms with Crippen LogP contribution in [-0.4, -0.2) is 16.0 Å². The molecule has 0 saturated heterocycles. The van der Waals surface area contributed by atoms with E-state index >= 15 is 0 Å². The average Bonchev–Trinajstić information content (AvgIpc) is 3.25. The summed E-state index contributed by atoms with van der Waals surface area (Å²) in [6, 6.07) is 17.1. The van der Waals surface area contributed by atoms with Gasteiger partial charge in [-0.2, -0.15) is 0 Å². The molecule has 28 heavy (non-hydrogen) atoms. The summed E-state index contributed by atoms with van der Waals surface area (Å²) in [5.41, 5.74) is 3.27. The van der Waals surface area contributed by atoms with E-state index < -0.39 is 0 Å². The largest absolute Gasteiger partial charge is 0.360 e. The monoisotopic (exact) mass is 409 g/mol. The normalized spacial score (nSPS) is 10.8. The third kappa shape index (κ3) is 3.44. The first-order valence-electron chi connectivity index (χ1n) is 8.60.